The number of aromatic nitrogens is 4. The summed E-state index contributed by atoms with van der Waals surface area (Å²) >= 11 is 6.97. The van der Waals surface area contributed by atoms with E-state index in [1.807, 2.05) is 13.0 Å². The lowest BCUT2D eigenvalue weighted by Crippen LogP contribution is -2.59. The molecule has 3 aliphatic rings. The molecule has 0 amide bonds. The summed E-state index contributed by atoms with van der Waals surface area (Å²) in [5.74, 6) is 1.06. The highest BCUT2D eigenvalue weighted by Crippen LogP contribution is 2.37. The number of anilines is 4. The molecule has 3 heterocycles. The number of benzene rings is 1. The summed E-state index contributed by atoms with van der Waals surface area (Å²) in [5.41, 5.74) is 7.35. The van der Waals surface area contributed by atoms with E-state index >= 15 is 0 Å². The Morgan fingerprint density at radius 2 is 1.94 bits per heavy atom. The number of hydrazine groups is 1. The van der Waals surface area contributed by atoms with E-state index in [0.717, 1.165) is 49.4 Å². The first-order valence-electron chi connectivity index (χ1n) is 12.8. The topological polar surface area (TPSA) is 109 Å². The second-order valence-corrected chi connectivity index (χ2v) is 10.6. The molecule has 1 aliphatic heterocycles. The van der Waals surface area contributed by atoms with Gasteiger partial charge in [-0.3, -0.25) is 5.43 Å². The van der Waals surface area contributed by atoms with Gasteiger partial charge >= 0.3 is 0 Å². The number of rotatable bonds is 7. The van der Waals surface area contributed by atoms with Gasteiger partial charge in [-0.05, 0) is 51.7 Å². The minimum absolute atomic E-state index is 0.238. The molecule has 2 aromatic heterocycles. The van der Waals surface area contributed by atoms with Gasteiger partial charge in [-0.2, -0.15) is 24.8 Å². The fourth-order valence-electron chi connectivity index (χ4n) is 4.87. The van der Waals surface area contributed by atoms with Gasteiger partial charge in [0.25, 0.3) is 0 Å². The molecule has 1 atom stereocenters. The Kier molecular flexibility index (Phi) is 6.07. The van der Waals surface area contributed by atoms with E-state index in [4.69, 9.17) is 21.6 Å². The van der Waals surface area contributed by atoms with Gasteiger partial charge in [-0.25, -0.2) is 5.01 Å². The molecule has 6 rings (SSSR count). The van der Waals surface area contributed by atoms with Crippen molar-refractivity contribution in [3.05, 3.63) is 34.5 Å². The van der Waals surface area contributed by atoms with Crippen molar-refractivity contribution in [3.63, 3.8) is 0 Å². The Balaban J connectivity index is 1.28. The van der Waals surface area contributed by atoms with E-state index in [9.17, 15) is 5.26 Å². The predicted octanol–water partition coefficient (Wildman–Crippen LogP) is 3.84. The van der Waals surface area contributed by atoms with Gasteiger partial charge < -0.3 is 15.5 Å². The van der Waals surface area contributed by atoms with Crippen molar-refractivity contribution in [1.29, 1.82) is 5.26 Å². The van der Waals surface area contributed by atoms with Crippen LogP contribution in [0.2, 0.25) is 5.02 Å². The van der Waals surface area contributed by atoms with E-state index in [0.29, 0.717) is 40.3 Å². The second-order valence-electron chi connectivity index (χ2n) is 10.2. The number of nitrogens with one attached hydrogen (secondary N) is 3. The zero-order valence-electron chi connectivity index (χ0n) is 20.6. The molecule has 2 saturated carbocycles. The van der Waals surface area contributed by atoms with Gasteiger partial charge in [0.05, 0.1) is 34.2 Å². The second kappa shape index (κ2) is 9.39. The molecular formula is C25H31ClN10. The normalized spacial score (nSPS) is 20.8. The molecule has 36 heavy (non-hydrogen) atoms. The summed E-state index contributed by atoms with van der Waals surface area (Å²) in [6, 6.07) is 7.19. The molecule has 3 N–H and O–H groups in total. The van der Waals surface area contributed by atoms with Gasteiger partial charge in [0.15, 0.2) is 5.65 Å². The Bertz CT molecular complexity index is 1320. The molecule has 2 aliphatic carbocycles. The van der Waals surface area contributed by atoms with Crippen molar-refractivity contribution in [3.8, 4) is 6.07 Å². The van der Waals surface area contributed by atoms with Crippen LogP contribution in [0.4, 0.5) is 23.3 Å². The summed E-state index contributed by atoms with van der Waals surface area (Å²) in [4.78, 5) is 11.7. The molecule has 1 saturated heterocycles. The fourth-order valence-corrected chi connectivity index (χ4v) is 5.13. The molecule has 1 aromatic carbocycles. The van der Waals surface area contributed by atoms with Crippen LogP contribution in [0.25, 0.3) is 5.65 Å². The standard InChI is InChI=1S/C25H31ClN10/c1-15-13-28-36-23(15)31-24(32-25(36)29-18-6-7-18)30-20-10-17(12-27)11-21(22(20)26)35-9-8-34(14-16(35)2)33-19-4-3-5-19/h10-11,13,16,18-19,33H,3-9,14H2,1-2H3,(H2,29,30,31,32). The molecule has 0 radical (unpaired) electrons. The summed E-state index contributed by atoms with van der Waals surface area (Å²) in [6.45, 7) is 6.78. The third-order valence-electron chi connectivity index (χ3n) is 7.29. The first-order chi connectivity index (χ1) is 17.5. The zero-order chi connectivity index (χ0) is 24.8. The maximum absolute atomic E-state index is 9.77. The lowest BCUT2D eigenvalue weighted by molar-refractivity contribution is 0.102. The molecule has 3 aromatic rings. The summed E-state index contributed by atoms with van der Waals surface area (Å²) in [5, 5.41) is 23.8. The molecule has 11 heteroatoms. The van der Waals surface area contributed by atoms with E-state index in [1.54, 1.807) is 16.8 Å². The first kappa shape index (κ1) is 23.3. The van der Waals surface area contributed by atoms with Crippen molar-refractivity contribution in [2.75, 3.05) is 35.2 Å². The van der Waals surface area contributed by atoms with Crippen LogP contribution in [-0.4, -0.2) is 62.4 Å². The summed E-state index contributed by atoms with van der Waals surface area (Å²) in [7, 11) is 0. The average Bonchev–Trinajstić information content (AvgIpc) is 3.58. The van der Waals surface area contributed by atoms with E-state index in [-0.39, 0.29) is 6.04 Å². The average molecular weight is 507 g/mol. The van der Waals surface area contributed by atoms with Gasteiger partial charge in [-0.15, -0.1) is 0 Å². The van der Waals surface area contributed by atoms with Gasteiger partial charge in [-0.1, -0.05) is 18.0 Å². The largest absolute Gasteiger partial charge is 0.365 e. The van der Waals surface area contributed by atoms with E-state index < -0.39 is 0 Å². The lowest BCUT2D eigenvalue weighted by Gasteiger charge is -2.44. The number of halogens is 1. The van der Waals surface area contributed by atoms with Crippen LogP contribution < -0.4 is 21.0 Å². The van der Waals surface area contributed by atoms with Crippen LogP contribution in [0.5, 0.6) is 0 Å². The zero-order valence-corrected chi connectivity index (χ0v) is 21.4. The maximum atomic E-state index is 9.77. The monoisotopic (exact) mass is 506 g/mol. The summed E-state index contributed by atoms with van der Waals surface area (Å²) in [6.07, 6.45) is 7.85. The van der Waals surface area contributed by atoms with Crippen molar-refractivity contribution in [1.82, 2.24) is 30.0 Å². The summed E-state index contributed by atoms with van der Waals surface area (Å²) < 4.78 is 1.73. The Hall–Kier alpha value is -3.13. The van der Waals surface area contributed by atoms with Gasteiger partial charge in [0.1, 0.15) is 0 Å². The molecule has 10 nitrogen and oxygen atoms in total. The van der Waals surface area contributed by atoms with Crippen LogP contribution >= 0.6 is 11.6 Å². The highest BCUT2D eigenvalue weighted by molar-refractivity contribution is 6.36. The smallest absolute Gasteiger partial charge is 0.232 e. The number of nitrogens with zero attached hydrogens (tertiary/aromatic N) is 7. The minimum atomic E-state index is 0.238. The maximum Gasteiger partial charge on any atom is 0.232 e. The van der Waals surface area contributed by atoms with Crippen LogP contribution in [0.1, 0.15) is 50.2 Å². The molecular weight excluding hydrogens is 476 g/mol. The molecule has 0 bridgehead atoms. The SMILES string of the molecule is Cc1cnn2c(NC3CC3)nc(Nc3cc(C#N)cc(N4CCN(NC5CCC5)CC4C)c3Cl)nc12. The third-order valence-corrected chi connectivity index (χ3v) is 7.69. The Labute approximate surface area is 215 Å². The van der Waals surface area contributed by atoms with Gasteiger partial charge in [0.2, 0.25) is 11.9 Å². The number of piperazine rings is 1. The highest BCUT2D eigenvalue weighted by Gasteiger charge is 2.29. The number of nitriles is 1. The lowest BCUT2D eigenvalue weighted by atomic mass is 9.94. The van der Waals surface area contributed by atoms with Crippen molar-refractivity contribution >= 4 is 40.5 Å². The van der Waals surface area contributed by atoms with E-state index in [2.05, 4.69) is 44.1 Å². The molecule has 188 valence electrons. The van der Waals surface area contributed by atoms with Crippen LogP contribution in [0, 0.1) is 18.3 Å². The number of aryl methyl sites for hydroxylation is 1. The Morgan fingerprint density at radius 1 is 1.11 bits per heavy atom. The molecule has 0 spiro atoms. The quantitative estimate of drug-likeness (QED) is 0.440. The van der Waals surface area contributed by atoms with Crippen LogP contribution in [-0.2, 0) is 0 Å². The molecule has 3 fully saturated rings. The van der Waals surface area contributed by atoms with Crippen molar-refractivity contribution in [2.45, 2.75) is 64.1 Å². The van der Waals surface area contributed by atoms with Crippen molar-refractivity contribution in [2.24, 2.45) is 0 Å². The van der Waals surface area contributed by atoms with Crippen LogP contribution in [0.3, 0.4) is 0 Å². The van der Waals surface area contributed by atoms with Crippen LogP contribution in [0.15, 0.2) is 18.3 Å². The van der Waals surface area contributed by atoms with Gasteiger partial charge in [0, 0.05) is 43.3 Å². The first-order valence-corrected chi connectivity index (χ1v) is 13.1. The number of hydrogen-bond acceptors (Lipinski definition) is 9. The fraction of sp³-hybridized carbons (Fsp3) is 0.520. The number of hydrogen-bond donors (Lipinski definition) is 3. The number of fused-ring (bicyclic) bond motifs is 1. The minimum Gasteiger partial charge on any atom is -0.365 e. The molecule has 1 unspecified atom stereocenters. The van der Waals surface area contributed by atoms with Crippen molar-refractivity contribution < 1.29 is 0 Å². The predicted molar refractivity (Wildman–Crippen MR) is 141 cm³/mol. The highest BCUT2D eigenvalue weighted by atomic mass is 35.5. The third kappa shape index (κ3) is 4.54. The Morgan fingerprint density at radius 3 is 2.64 bits per heavy atom. The van der Waals surface area contributed by atoms with E-state index in [1.165, 1.54) is 19.3 Å².